The standard InChI is InChI=1S/C27H25FN2O2/c1-3-21-9-5-6-11-25(21)30-27(31)23(18-29)15-20-12-13-22(26(17-20)32-4-2)14-19-8-7-10-24(28)16-19/h5-13,15-17H,3-4,14H2,1-2H3,(H,30,31)/b23-15+. The van der Waals surface area contributed by atoms with Crippen LogP contribution in [-0.2, 0) is 17.6 Å². The number of amides is 1. The quantitative estimate of drug-likeness (QED) is 0.358. The van der Waals surface area contributed by atoms with Gasteiger partial charge >= 0.3 is 0 Å². The molecule has 3 rings (SSSR count). The van der Waals surface area contributed by atoms with Crippen LogP contribution in [0.1, 0.15) is 36.1 Å². The zero-order valence-electron chi connectivity index (χ0n) is 18.2. The number of carbonyl (C=O) groups excluding carboxylic acids is 1. The van der Waals surface area contributed by atoms with Crippen LogP contribution in [0, 0.1) is 17.1 Å². The topological polar surface area (TPSA) is 62.1 Å². The molecule has 3 aromatic rings. The van der Waals surface area contributed by atoms with E-state index in [0.717, 1.165) is 23.1 Å². The molecular weight excluding hydrogens is 403 g/mol. The number of nitrogens with zero attached hydrogens (tertiary/aromatic N) is 1. The average Bonchev–Trinajstić information content (AvgIpc) is 2.79. The number of benzene rings is 3. The maximum atomic E-state index is 13.5. The number of nitrogens with one attached hydrogen (secondary N) is 1. The fraction of sp³-hybridized carbons (Fsp3) is 0.185. The highest BCUT2D eigenvalue weighted by atomic mass is 19.1. The van der Waals surface area contributed by atoms with Crippen molar-refractivity contribution < 1.29 is 13.9 Å². The van der Waals surface area contributed by atoms with Gasteiger partial charge in [0.25, 0.3) is 5.91 Å². The van der Waals surface area contributed by atoms with Gasteiger partial charge in [0.1, 0.15) is 23.2 Å². The summed E-state index contributed by atoms with van der Waals surface area (Å²) in [7, 11) is 0. The first-order valence-electron chi connectivity index (χ1n) is 10.5. The van der Waals surface area contributed by atoms with Gasteiger partial charge in [0, 0.05) is 12.1 Å². The van der Waals surface area contributed by atoms with Crippen molar-refractivity contribution in [3.8, 4) is 11.8 Å². The highest BCUT2D eigenvalue weighted by molar-refractivity contribution is 6.10. The van der Waals surface area contributed by atoms with Crippen LogP contribution in [0.15, 0.2) is 72.3 Å². The molecule has 32 heavy (non-hydrogen) atoms. The number of ether oxygens (including phenoxy) is 1. The predicted molar refractivity (Wildman–Crippen MR) is 125 cm³/mol. The van der Waals surface area contributed by atoms with Crippen LogP contribution in [0.3, 0.4) is 0 Å². The summed E-state index contributed by atoms with van der Waals surface area (Å²) in [4.78, 5) is 12.7. The zero-order valence-corrected chi connectivity index (χ0v) is 18.2. The third-order valence-corrected chi connectivity index (χ3v) is 5.00. The Morgan fingerprint density at radius 2 is 1.88 bits per heavy atom. The van der Waals surface area contributed by atoms with Gasteiger partial charge in [-0.2, -0.15) is 5.26 Å². The molecule has 0 radical (unpaired) electrons. The molecule has 1 amide bonds. The number of anilines is 1. The molecule has 3 aromatic carbocycles. The second kappa shape index (κ2) is 10.9. The summed E-state index contributed by atoms with van der Waals surface area (Å²) >= 11 is 0. The molecule has 0 heterocycles. The van der Waals surface area contributed by atoms with Crippen LogP contribution >= 0.6 is 0 Å². The van der Waals surface area contributed by atoms with Crippen molar-refractivity contribution in [2.45, 2.75) is 26.7 Å². The van der Waals surface area contributed by atoms with Gasteiger partial charge in [-0.25, -0.2) is 4.39 Å². The van der Waals surface area contributed by atoms with E-state index in [0.29, 0.717) is 30.0 Å². The smallest absolute Gasteiger partial charge is 0.266 e. The van der Waals surface area contributed by atoms with Gasteiger partial charge in [-0.05, 0) is 65.9 Å². The van der Waals surface area contributed by atoms with E-state index in [1.165, 1.54) is 12.1 Å². The molecule has 5 heteroatoms. The van der Waals surface area contributed by atoms with E-state index < -0.39 is 5.91 Å². The third-order valence-electron chi connectivity index (χ3n) is 5.00. The minimum Gasteiger partial charge on any atom is -0.494 e. The van der Waals surface area contributed by atoms with Crippen molar-refractivity contribution in [3.05, 3.63) is 100 Å². The summed E-state index contributed by atoms with van der Waals surface area (Å²) < 4.78 is 19.3. The van der Waals surface area contributed by atoms with E-state index in [-0.39, 0.29) is 11.4 Å². The fourth-order valence-electron chi connectivity index (χ4n) is 3.42. The van der Waals surface area contributed by atoms with Crippen LogP contribution in [0.2, 0.25) is 0 Å². The lowest BCUT2D eigenvalue weighted by atomic mass is 10.0. The molecule has 0 aliphatic heterocycles. The van der Waals surface area contributed by atoms with E-state index in [4.69, 9.17) is 4.74 Å². The Morgan fingerprint density at radius 3 is 2.59 bits per heavy atom. The van der Waals surface area contributed by atoms with Crippen molar-refractivity contribution in [3.63, 3.8) is 0 Å². The lowest BCUT2D eigenvalue weighted by Crippen LogP contribution is -2.14. The number of hydrogen-bond acceptors (Lipinski definition) is 3. The largest absolute Gasteiger partial charge is 0.494 e. The Bertz CT molecular complexity index is 1180. The van der Waals surface area contributed by atoms with Crippen LogP contribution in [-0.4, -0.2) is 12.5 Å². The van der Waals surface area contributed by atoms with Crippen molar-refractivity contribution in [1.29, 1.82) is 5.26 Å². The summed E-state index contributed by atoms with van der Waals surface area (Å²) in [5.41, 5.74) is 4.10. The number of carbonyl (C=O) groups is 1. The van der Waals surface area contributed by atoms with E-state index in [1.54, 1.807) is 18.2 Å². The normalized spacial score (nSPS) is 11.0. The van der Waals surface area contributed by atoms with Crippen LogP contribution < -0.4 is 10.1 Å². The molecule has 162 valence electrons. The van der Waals surface area contributed by atoms with Crippen LogP contribution in [0.5, 0.6) is 5.75 Å². The molecule has 0 fully saturated rings. The first-order chi connectivity index (χ1) is 15.5. The molecular formula is C27H25FN2O2. The van der Waals surface area contributed by atoms with Gasteiger partial charge in [-0.3, -0.25) is 4.79 Å². The van der Waals surface area contributed by atoms with Gasteiger partial charge in [0.05, 0.1) is 6.61 Å². The van der Waals surface area contributed by atoms with Gasteiger partial charge in [0.2, 0.25) is 0 Å². The molecule has 0 aliphatic rings. The van der Waals surface area contributed by atoms with Gasteiger partial charge in [0.15, 0.2) is 0 Å². The first-order valence-corrected chi connectivity index (χ1v) is 10.5. The molecule has 0 spiro atoms. The molecule has 0 aliphatic carbocycles. The number of para-hydroxylation sites is 1. The molecule has 1 N–H and O–H groups in total. The molecule has 0 saturated heterocycles. The van der Waals surface area contributed by atoms with Gasteiger partial charge in [-0.1, -0.05) is 49.4 Å². The summed E-state index contributed by atoms with van der Waals surface area (Å²) in [6, 6.07) is 21.4. The fourth-order valence-corrected chi connectivity index (χ4v) is 3.42. The molecule has 4 nitrogen and oxygen atoms in total. The Hall–Kier alpha value is -3.91. The molecule has 0 atom stereocenters. The Morgan fingerprint density at radius 1 is 1.06 bits per heavy atom. The molecule has 0 aromatic heterocycles. The SMILES string of the molecule is CCOc1cc(/C=C(\C#N)C(=O)Nc2ccccc2CC)ccc1Cc1cccc(F)c1. The highest BCUT2D eigenvalue weighted by Gasteiger charge is 2.13. The number of halogens is 1. The predicted octanol–water partition coefficient (Wildman–Crippen LogP) is 5.92. The zero-order chi connectivity index (χ0) is 22.9. The lowest BCUT2D eigenvalue weighted by molar-refractivity contribution is -0.112. The van der Waals surface area contributed by atoms with Crippen molar-refractivity contribution in [2.75, 3.05) is 11.9 Å². The third kappa shape index (κ3) is 5.83. The van der Waals surface area contributed by atoms with E-state index in [2.05, 4.69) is 5.32 Å². The maximum Gasteiger partial charge on any atom is 0.266 e. The van der Waals surface area contributed by atoms with E-state index in [1.807, 2.05) is 62.4 Å². The lowest BCUT2D eigenvalue weighted by Gasteiger charge is -2.12. The van der Waals surface area contributed by atoms with Crippen molar-refractivity contribution in [1.82, 2.24) is 0 Å². The summed E-state index contributed by atoms with van der Waals surface area (Å²) in [6.07, 6.45) is 2.82. The number of aryl methyl sites for hydroxylation is 1. The Balaban J connectivity index is 1.86. The summed E-state index contributed by atoms with van der Waals surface area (Å²) in [6.45, 7) is 4.35. The average molecular weight is 429 g/mol. The van der Waals surface area contributed by atoms with Crippen LogP contribution in [0.25, 0.3) is 6.08 Å². The monoisotopic (exact) mass is 428 g/mol. The minimum absolute atomic E-state index is 0.00349. The summed E-state index contributed by atoms with van der Waals surface area (Å²) in [5.74, 6) is -0.107. The van der Waals surface area contributed by atoms with E-state index in [9.17, 15) is 14.4 Å². The Labute approximate surface area is 188 Å². The minimum atomic E-state index is -0.463. The second-order valence-electron chi connectivity index (χ2n) is 7.24. The van der Waals surface area contributed by atoms with Crippen molar-refractivity contribution in [2.24, 2.45) is 0 Å². The van der Waals surface area contributed by atoms with Gasteiger partial charge in [-0.15, -0.1) is 0 Å². The molecule has 0 saturated carbocycles. The van der Waals surface area contributed by atoms with E-state index >= 15 is 0 Å². The number of nitriles is 1. The molecule has 0 bridgehead atoms. The molecule has 0 unspecified atom stereocenters. The Kier molecular flexibility index (Phi) is 7.77. The first kappa shape index (κ1) is 22.8. The second-order valence-corrected chi connectivity index (χ2v) is 7.24. The van der Waals surface area contributed by atoms with Crippen LogP contribution in [0.4, 0.5) is 10.1 Å². The number of hydrogen-bond donors (Lipinski definition) is 1. The maximum absolute atomic E-state index is 13.5. The number of rotatable bonds is 8. The van der Waals surface area contributed by atoms with Gasteiger partial charge < -0.3 is 10.1 Å². The van der Waals surface area contributed by atoms with Crippen molar-refractivity contribution >= 4 is 17.7 Å². The highest BCUT2D eigenvalue weighted by Crippen LogP contribution is 2.25. The summed E-state index contributed by atoms with van der Waals surface area (Å²) in [5, 5.41) is 12.4.